The van der Waals surface area contributed by atoms with Crippen LogP contribution < -0.4 is 0 Å². The van der Waals surface area contributed by atoms with Crippen LogP contribution in [0.2, 0.25) is 0 Å². The largest absolute Gasteiger partial charge is 2.00 e. The summed E-state index contributed by atoms with van der Waals surface area (Å²) in [5, 5.41) is 6.75. The molecule has 0 rings (SSSR count). The van der Waals surface area contributed by atoms with Crippen LogP contribution in [0.15, 0.2) is 0 Å². The van der Waals surface area contributed by atoms with Crippen molar-refractivity contribution in [3.05, 3.63) is 7.11 Å². The van der Waals surface area contributed by atoms with E-state index in [-0.39, 0.29) is 23.1 Å². The quantitative estimate of drug-likeness (QED) is 0.244. The predicted molar refractivity (Wildman–Crippen MR) is 19.8 cm³/mol. The maximum Gasteiger partial charge on any atom is 2.00 e. The van der Waals surface area contributed by atoms with Crippen LogP contribution in [0.3, 0.4) is 0 Å². The molecule has 5 heavy (non-hydrogen) atoms. The zero-order valence-corrected chi connectivity index (χ0v) is 4.26. The standard InChI is InChI=1S/CH3O.CHO.Mg/c2*1-2;/h2H,1H2;1H;/q2*-1;+2. The third-order valence-corrected chi connectivity index (χ3v) is 0. The van der Waals surface area contributed by atoms with Crippen LogP contribution in [0, 0.1) is 7.11 Å². The fourth-order valence-electron chi connectivity index (χ4n) is 0. The summed E-state index contributed by atoms with van der Waals surface area (Å²) < 4.78 is 0. The van der Waals surface area contributed by atoms with E-state index in [1.807, 2.05) is 0 Å². The molecular weight excluding hydrogens is 80.3 g/mol. The van der Waals surface area contributed by atoms with Crippen molar-refractivity contribution in [3.8, 4) is 0 Å². The van der Waals surface area contributed by atoms with Gasteiger partial charge >= 0.3 is 23.1 Å². The fourth-order valence-corrected chi connectivity index (χ4v) is 0. The van der Waals surface area contributed by atoms with E-state index in [0.29, 0.717) is 0 Å². The van der Waals surface area contributed by atoms with Crippen LogP contribution >= 0.6 is 0 Å². The Labute approximate surface area is 47.3 Å². The van der Waals surface area contributed by atoms with Gasteiger partial charge in [0.25, 0.3) is 0 Å². The van der Waals surface area contributed by atoms with E-state index in [2.05, 4.69) is 13.9 Å². The Balaban J connectivity index is -0.0000000133. The topological polar surface area (TPSA) is 37.3 Å². The summed E-state index contributed by atoms with van der Waals surface area (Å²) in [6.07, 6.45) is 0. The second-order valence-electron chi connectivity index (χ2n) is 0. The van der Waals surface area contributed by atoms with Gasteiger partial charge in [-0.3, -0.25) is 6.79 Å². The van der Waals surface area contributed by atoms with E-state index >= 15 is 0 Å². The monoisotopic (exact) mass is 84.0 g/mol. The molecule has 2 nitrogen and oxygen atoms in total. The minimum absolute atomic E-state index is 0. The summed E-state index contributed by atoms with van der Waals surface area (Å²) in [5.74, 6) is 0. The zero-order chi connectivity index (χ0) is 4.00. The molecule has 0 amide bonds. The van der Waals surface area contributed by atoms with Gasteiger partial charge in [-0.2, -0.15) is 0 Å². The number of carbonyl (C=O) groups excluding carboxylic acids is 1. The Kier molecular flexibility index (Phi) is 1170. The molecule has 0 saturated heterocycles. The van der Waals surface area contributed by atoms with Crippen molar-refractivity contribution in [3.63, 3.8) is 0 Å². The molecule has 0 aliphatic carbocycles. The van der Waals surface area contributed by atoms with Crippen LogP contribution in [0.5, 0.6) is 0 Å². The maximum absolute atomic E-state index is 7.75. The fraction of sp³-hybridized carbons (Fsp3) is 0. The molecule has 0 spiro atoms. The molecule has 0 heterocycles. The molecule has 26 valence electrons. The van der Waals surface area contributed by atoms with E-state index in [1.165, 1.54) is 0 Å². The summed E-state index contributed by atoms with van der Waals surface area (Å²) in [7, 11) is 2.25. The summed E-state index contributed by atoms with van der Waals surface area (Å²) >= 11 is 0. The van der Waals surface area contributed by atoms with Crippen molar-refractivity contribution in [2.24, 2.45) is 0 Å². The molecule has 0 radical (unpaired) electrons. The third-order valence-electron chi connectivity index (χ3n) is 0. The SMILES string of the molecule is [CH-]=O.[CH2-]O.[Mg+2]. The van der Waals surface area contributed by atoms with Crippen molar-refractivity contribution in [2.45, 2.75) is 0 Å². The molecule has 0 aliphatic rings. The van der Waals surface area contributed by atoms with Gasteiger partial charge < -0.3 is 9.90 Å². The van der Waals surface area contributed by atoms with Gasteiger partial charge in [0.15, 0.2) is 0 Å². The zero-order valence-electron chi connectivity index (χ0n) is 2.85. The van der Waals surface area contributed by atoms with Gasteiger partial charge in [0.1, 0.15) is 0 Å². The van der Waals surface area contributed by atoms with E-state index in [0.717, 1.165) is 0 Å². The van der Waals surface area contributed by atoms with Gasteiger partial charge in [0.2, 0.25) is 0 Å². The third kappa shape index (κ3) is 161. The van der Waals surface area contributed by atoms with Crippen molar-refractivity contribution in [2.75, 3.05) is 0 Å². The molecule has 0 aliphatic heterocycles. The van der Waals surface area contributed by atoms with E-state index in [9.17, 15) is 0 Å². The maximum atomic E-state index is 7.75. The number of aliphatic hydroxyl groups is 1. The van der Waals surface area contributed by atoms with E-state index in [4.69, 9.17) is 9.90 Å². The first-order valence-electron chi connectivity index (χ1n) is 0.552. The van der Waals surface area contributed by atoms with Gasteiger partial charge in [-0.15, -0.1) is 0 Å². The summed E-state index contributed by atoms with van der Waals surface area (Å²) in [4.78, 5) is 7.75. The summed E-state index contributed by atoms with van der Waals surface area (Å²) in [6, 6.07) is 0. The molecular formula is C2H4MgO2. The Morgan fingerprint density at radius 2 is 1.40 bits per heavy atom. The molecule has 1 N–H and O–H groups in total. The minimum atomic E-state index is 0. The first-order chi connectivity index (χ1) is 2.00. The van der Waals surface area contributed by atoms with Gasteiger partial charge in [-0.1, -0.05) is 0 Å². The molecule has 0 unspecified atom stereocenters. The number of hydrogen-bond acceptors (Lipinski definition) is 2. The summed E-state index contributed by atoms with van der Waals surface area (Å²) in [5.41, 5.74) is 0. The first-order valence-corrected chi connectivity index (χ1v) is 0.552. The molecule has 0 bridgehead atoms. The van der Waals surface area contributed by atoms with Crippen molar-refractivity contribution in [1.82, 2.24) is 0 Å². The minimum Gasteiger partial charge on any atom is -0.569 e. The van der Waals surface area contributed by atoms with Crippen LogP contribution in [0.25, 0.3) is 0 Å². The van der Waals surface area contributed by atoms with Crippen LogP contribution in [0.4, 0.5) is 0 Å². The van der Waals surface area contributed by atoms with Crippen LogP contribution in [-0.2, 0) is 4.79 Å². The van der Waals surface area contributed by atoms with Gasteiger partial charge in [-0.05, 0) is 0 Å². The predicted octanol–water partition coefficient (Wildman–Crippen LogP) is -0.504. The Hall–Kier alpha value is 0.396. The van der Waals surface area contributed by atoms with E-state index < -0.39 is 0 Å². The van der Waals surface area contributed by atoms with Crippen LogP contribution in [0.1, 0.15) is 0 Å². The van der Waals surface area contributed by atoms with Gasteiger partial charge in [0, 0.05) is 0 Å². The number of hydrogen-bond donors (Lipinski definition) is 1. The molecule has 3 heteroatoms. The average Bonchev–Trinajstić information content (AvgIpc) is 1.50. The average molecular weight is 84.4 g/mol. The van der Waals surface area contributed by atoms with Crippen molar-refractivity contribution in [1.29, 1.82) is 0 Å². The normalized spacial score (nSPS) is 2.00. The first kappa shape index (κ1) is 18.2. The van der Waals surface area contributed by atoms with Gasteiger partial charge in [-0.25, -0.2) is 7.11 Å². The Morgan fingerprint density at radius 3 is 1.40 bits per heavy atom. The van der Waals surface area contributed by atoms with Crippen molar-refractivity contribution < 1.29 is 9.90 Å². The molecule has 0 saturated carbocycles. The van der Waals surface area contributed by atoms with Crippen molar-refractivity contribution >= 4 is 29.8 Å². The second kappa shape index (κ2) is 323. The Morgan fingerprint density at radius 1 is 1.40 bits per heavy atom. The molecule has 0 aromatic carbocycles. The molecule has 0 aromatic rings. The number of rotatable bonds is 0. The second-order valence-corrected chi connectivity index (χ2v) is 0. The van der Waals surface area contributed by atoms with Crippen LogP contribution in [-0.4, -0.2) is 34.9 Å². The molecule has 0 atom stereocenters. The smallest absolute Gasteiger partial charge is 0.569 e. The number of aliphatic hydroxyl groups excluding tert-OH is 1. The molecule has 0 aromatic heterocycles. The summed E-state index contributed by atoms with van der Waals surface area (Å²) in [6.45, 7) is 3.25. The molecule has 0 fully saturated rings. The Bertz CT molecular complexity index is 7.61. The van der Waals surface area contributed by atoms with Gasteiger partial charge in [0.05, 0.1) is 0 Å². The van der Waals surface area contributed by atoms with E-state index in [1.54, 1.807) is 0 Å².